The number of piperidine rings is 1. The summed E-state index contributed by atoms with van der Waals surface area (Å²) in [6.07, 6.45) is 2.76. The fourth-order valence-electron chi connectivity index (χ4n) is 3.29. The first-order chi connectivity index (χ1) is 12.0. The lowest BCUT2D eigenvalue weighted by Crippen LogP contribution is -2.44. The number of rotatable bonds is 5. The molecule has 1 aromatic rings. The Labute approximate surface area is 146 Å². The standard InChI is InChI=1S/C18H22N2O5/c21-16-4-2-10-20(16)14-5-7-15(8-6-14)25-12-17(22)19-9-1-3-13(11-19)18(23)24/h5-8,13H,1-4,9-12H2,(H,23,24). The molecule has 0 radical (unpaired) electrons. The van der Waals surface area contributed by atoms with Gasteiger partial charge in [-0.2, -0.15) is 0 Å². The quantitative estimate of drug-likeness (QED) is 0.873. The summed E-state index contributed by atoms with van der Waals surface area (Å²) in [5.74, 6) is -0.873. The van der Waals surface area contributed by atoms with Crippen LogP contribution < -0.4 is 9.64 Å². The van der Waals surface area contributed by atoms with E-state index < -0.39 is 11.9 Å². The van der Waals surface area contributed by atoms with Gasteiger partial charge in [-0.1, -0.05) is 0 Å². The molecule has 2 aliphatic heterocycles. The van der Waals surface area contributed by atoms with Gasteiger partial charge in [0.2, 0.25) is 5.91 Å². The first-order valence-corrected chi connectivity index (χ1v) is 8.58. The van der Waals surface area contributed by atoms with Gasteiger partial charge in [-0.15, -0.1) is 0 Å². The summed E-state index contributed by atoms with van der Waals surface area (Å²) < 4.78 is 5.52. The number of nitrogens with zero attached hydrogens (tertiary/aromatic N) is 2. The van der Waals surface area contributed by atoms with E-state index >= 15 is 0 Å². The monoisotopic (exact) mass is 346 g/mol. The van der Waals surface area contributed by atoms with Crippen LogP contribution in [0.1, 0.15) is 25.7 Å². The molecule has 0 aliphatic carbocycles. The van der Waals surface area contributed by atoms with Gasteiger partial charge < -0.3 is 19.6 Å². The topological polar surface area (TPSA) is 87.2 Å². The van der Waals surface area contributed by atoms with Crippen molar-refractivity contribution in [2.24, 2.45) is 5.92 Å². The molecule has 134 valence electrons. The summed E-state index contributed by atoms with van der Waals surface area (Å²) in [6.45, 7) is 1.43. The second-order valence-electron chi connectivity index (χ2n) is 6.45. The van der Waals surface area contributed by atoms with Gasteiger partial charge in [0.05, 0.1) is 5.92 Å². The number of likely N-dealkylation sites (tertiary alicyclic amines) is 1. The molecule has 1 N–H and O–H groups in total. The van der Waals surface area contributed by atoms with Crippen molar-refractivity contribution in [3.05, 3.63) is 24.3 Å². The number of carbonyl (C=O) groups is 3. The summed E-state index contributed by atoms with van der Waals surface area (Å²) in [5.41, 5.74) is 0.835. The van der Waals surface area contributed by atoms with Crippen LogP contribution in [0.2, 0.25) is 0 Å². The molecule has 2 fully saturated rings. The van der Waals surface area contributed by atoms with Crippen molar-refractivity contribution >= 4 is 23.5 Å². The van der Waals surface area contributed by atoms with E-state index in [1.807, 2.05) is 12.1 Å². The van der Waals surface area contributed by atoms with Gasteiger partial charge in [0, 0.05) is 31.7 Å². The Morgan fingerprint density at radius 3 is 2.56 bits per heavy atom. The first kappa shape index (κ1) is 17.3. The van der Waals surface area contributed by atoms with E-state index in [4.69, 9.17) is 9.84 Å². The van der Waals surface area contributed by atoms with Crippen molar-refractivity contribution in [2.75, 3.05) is 31.1 Å². The highest BCUT2D eigenvalue weighted by Gasteiger charge is 2.28. The molecule has 0 bridgehead atoms. The Balaban J connectivity index is 1.52. The summed E-state index contributed by atoms with van der Waals surface area (Å²) in [6, 6.07) is 7.10. The molecule has 1 aromatic carbocycles. The molecule has 0 saturated carbocycles. The smallest absolute Gasteiger partial charge is 0.308 e. The van der Waals surface area contributed by atoms with Crippen molar-refractivity contribution < 1.29 is 24.2 Å². The molecular weight excluding hydrogens is 324 g/mol. The van der Waals surface area contributed by atoms with Crippen LogP contribution in [0.3, 0.4) is 0 Å². The third-order valence-corrected chi connectivity index (χ3v) is 4.71. The molecule has 25 heavy (non-hydrogen) atoms. The molecule has 2 heterocycles. The Bertz CT molecular complexity index is 658. The fourth-order valence-corrected chi connectivity index (χ4v) is 3.29. The maximum Gasteiger partial charge on any atom is 0.308 e. The third-order valence-electron chi connectivity index (χ3n) is 4.71. The van der Waals surface area contributed by atoms with E-state index in [1.165, 1.54) is 0 Å². The maximum absolute atomic E-state index is 12.2. The van der Waals surface area contributed by atoms with Crippen molar-refractivity contribution in [3.8, 4) is 5.75 Å². The van der Waals surface area contributed by atoms with Crippen molar-refractivity contribution in [2.45, 2.75) is 25.7 Å². The predicted octanol–water partition coefficient (Wildman–Crippen LogP) is 1.52. The minimum absolute atomic E-state index is 0.117. The average molecular weight is 346 g/mol. The van der Waals surface area contributed by atoms with Crippen LogP contribution in [0.15, 0.2) is 24.3 Å². The van der Waals surface area contributed by atoms with E-state index in [0.29, 0.717) is 31.6 Å². The van der Waals surface area contributed by atoms with Crippen LogP contribution >= 0.6 is 0 Å². The molecule has 0 aromatic heterocycles. The molecular formula is C18H22N2O5. The summed E-state index contributed by atoms with van der Waals surface area (Å²) in [7, 11) is 0. The lowest BCUT2D eigenvalue weighted by Gasteiger charge is -2.30. The molecule has 2 amide bonds. The normalized spacial score (nSPS) is 20.6. The molecule has 1 atom stereocenters. The number of ether oxygens (including phenoxy) is 1. The molecule has 0 spiro atoms. The molecule has 3 rings (SSSR count). The van der Waals surface area contributed by atoms with Gasteiger partial charge in [0.15, 0.2) is 6.61 Å². The number of aliphatic carboxylic acids is 1. The van der Waals surface area contributed by atoms with E-state index in [9.17, 15) is 14.4 Å². The van der Waals surface area contributed by atoms with Gasteiger partial charge in [0.25, 0.3) is 5.91 Å². The van der Waals surface area contributed by atoms with Crippen molar-refractivity contribution in [1.29, 1.82) is 0 Å². The number of carbonyl (C=O) groups excluding carboxylic acids is 2. The van der Waals surface area contributed by atoms with Crippen molar-refractivity contribution in [1.82, 2.24) is 4.90 Å². The fraction of sp³-hybridized carbons (Fsp3) is 0.500. The SMILES string of the molecule is O=C(O)C1CCCN(C(=O)COc2ccc(N3CCCC3=O)cc2)C1. The first-order valence-electron chi connectivity index (χ1n) is 8.58. The van der Waals surface area contributed by atoms with Crippen LogP contribution in [0.5, 0.6) is 5.75 Å². The number of hydrogen-bond donors (Lipinski definition) is 1. The zero-order valence-electron chi connectivity index (χ0n) is 14.0. The second-order valence-corrected chi connectivity index (χ2v) is 6.45. The third kappa shape index (κ3) is 4.10. The minimum atomic E-state index is -0.856. The predicted molar refractivity (Wildman–Crippen MR) is 90.5 cm³/mol. The largest absolute Gasteiger partial charge is 0.484 e. The number of carboxylic acids is 1. The Kier molecular flexibility index (Phi) is 5.21. The van der Waals surface area contributed by atoms with Gasteiger partial charge in [-0.25, -0.2) is 0 Å². The lowest BCUT2D eigenvalue weighted by atomic mass is 9.98. The number of anilines is 1. The van der Waals surface area contributed by atoms with Crippen LogP contribution in [-0.2, 0) is 14.4 Å². The lowest BCUT2D eigenvalue weighted by molar-refractivity contribution is -0.146. The molecule has 7 nitrogen and oxygen atoms in total. The summed E-state index contributed by atoms with van der Waals surface area (Å²) in [4.78, 5) is 38.3. The van der Waals surface area contributed by atoms with E-state index in [2.05, 4.69) is 0 Å². The van der Waals surface area contributed by atoms with Gasteiger partial charge >= 0.3 is 5.97 Å². The number of amides is 2. The van der Waals surface area contributed by atoms with Gasteiger partial charge in [-0.3, -0.25) is 14.4 Å². The highest BCUT2D eigenvalue weighted by atomic mass is 16.5. The summed E-state index contributed by atoms with van der Waals surface area (Å²) >= 11 is 0. The van der Waals surface area contributed by atoms with Crippen LogP contribution in [-0.4, -0.2) is 54.0 Å². The zero-order chi connectivity index (χ0) is 17.8. The number of benzene rings is 1. The number of carboxylic acid groups (broad SMARTS) is 1. The molecule has 2 saturated heterocycles. The average Bonchev–Trinajstić information content (AvgIpc) is 3.06. The minimum Gasteiger partial charge on any atom is -0.484 e. The van der Waals surface area contributed by atoms with Gasteiger partial charge in [0.1, 0.15) is 5.75 Å². The van der Waals surface area contributed by atoms with Crippen LogP contribution in [0.25, 0.3) is 0 Å². The number of hydrogen-bond acceptors (Lipinski definition) is 4. The van der Waals surface area contributed by atoms with Crippen LogP contribution in [0.4, 0.5) is 5.69 Å². The zero-order valence-corrected chi connectivity index (χ0v) is 14.0. The van der Waals surface area contributed by atoms with E-state index in [0.717, 1.165) is 18.7 Å². The molecule has 1 unspecified atom stereocenters. The Morgan fingerprint density at radius 2 is 1.92 bits per heavy atom. The highest BCUT2D eigenvalue weighted by Crippen LogP contribution is 2.24. The van der Waals surface area contributed by atoms with Crippen LogP contribution in [0, 0.1) is 5.92 Å². The van der Waals surface area contributed by atoms with Gasteiger partial charge in [-0.05, 0) is 43.5 Å². The Morgan fingerprint density at radius 1 is 1.16 bits per heavy atom. The van der Waals surface area contributed by atoms with E-state index in [-0.39, 0.29) is 25.0 Å². The maximum atomic E-state index is 12.2. The highest BCUT2D eigenvalue weighted by molar-refractivity contribution is 5.95. The Hall–Kier alpha value is -2.57. The second kappa shape index (κ2) is 7.55. The van der Waals surface area contributed by atoms with E-state index in [1.54, 1.807) is 21.9 Å². The van der Waals surface area contributed by atoms with Crippen molar-refractivity contribution in [3.63, 3.8) is 0 Å². The molecule has 7 heteroatoms. The summed E-state index contributed by atoms with van der Waals surface area (Å²) in [5, 5.41) is 9.08. The molecule has 2 aliphatic rings.